The van der Waals surface area contributed by atoms with Crippen molar-refractivity contribution < 1.29 is 0 Å². The molecule has 1 aromatic heterocycles. The molecule has 0 radical (unpaired) electrons. The number of aromatic nitrogens is 2. The molecule has 130 valence electrons. The fourth-order valence-corrected chi connectivity index (χ4v) is 4.10. The third-order valence-corrected chi connectivity index (χ3v) is 5.63. The minimum atomic E-state index is -0.0358. The summed E-state index contributed by atoms with van der Waals surface area (Å²) in [6.45, 7) is 4.62. The molecule has 1 saturated carbocycles. The number of nitrogens with zero attached hydrogens (tertiary/aromatic N) is 2. The number of nitrogens with one attached hydrogen (secondary N) is 1. The van der Waals surface area contributed by atoms with E-state index in [-0.39, 0.29) is 18.1 Å². The van der Waals surface area contributed by atoms with Gasteiger partial charge >= 0.3 is 5.69 Å². The van der Waals surface area contributed by atoms with E-state index >= 15 is 0 Å². The lowest BCUT2D eigenvalue weighted by Gasteiger charge is -2.26. The zero-order valence-corrected chi connectivity index (χ0v) is 15.4. The molecule has 1 N–H and O–H groups in total. The first-order valence-electron chi connectivity index (χ1n) is 8.45. The molecule has 1 aliphatic carbocycles. The van der Waals surface area contributed by atoms with Crippen LogP contribution in [0, 0.1) is 0 Å². The highest BCUT2D eigenvalue weighted by Crippen LogP contribution is 2.30. The maximum atomic E-state index is 12.3. The van der Waals surface area contributed by atoms with E-state index in [1.54, 1.807) is 5.57 Å². The standard InChI is InChI=1S/C18H22ClN3O.ClH/c1-12-10-22-17-14(15(19)6-7-16(17)20-18(22)23)11-21(12)9-8-13-4-2-3-5-13;/h6-8,12H,2-5,9-11H2,1H3,(H,20,23);1H/t12-;/m0./s1. The average molecular weight is 368 g/mol. The Balaban J connectivity index is 0.00000169. The number of benzene rings is 1. The maximum Gasteiger partial charge on any atom is 0.326 e. The molecule has 2 aromatic rings. The van der Waals surface area contributed by atoms with Crippen LogP contribution >= 0.6 is 24.0 Å². The van der Waals surface area contributed by atoms with Crippen LogP contribution in [0.1, 0.15) is 38.2 Å². The second kappa shape index (κ2) is 6.95. The van der Waals surface area contributed by atoms with E-state index in [4.69, 9.17) is 11.6 Å². The van der Waals surface area contributed by atoms with E-state index in [1.807, 2.05) is 16.7 Å². The van der Waals surface area contributed by atoms with Crippen LogP contribution in [0.25, 0.3) is 11.0 Å². The lowest BCUT2D eigenvalue weighted by molar-refractivity contribution is 0.210. The number of imidazole rings is 1. The number of hydrogen-bond acceptors (Lipinski definition) is 2. The van der Waals surface area contributed by atoms with Gasteiger partial charge in [0.05, 0.1) is 11.0 Å². The molecule has 1 aromatic carbocycles. The number of hydrogen-bond donors (Lipinski definition) is 1. The first-order chi connectivity index (χ1) is 11.1. The first-order valence-corrected chi connectivity index (χ1v) is 8.83. The monoisotopic (exact) mass is 367 g/mol. The predicted octanol–water partition coefficient (Wildman–Crippen LogP) is 4.11. The van der Waals surface area contributed by atoms with Crippen LogP contribution in [0.5, 0.6) is 0 Å². The minimum Gasteiger partial charge on any atom is -0.306 e. The molecule has 2 heterocycles. The van der Waals surface area contributed by atoms with E-state index in [0.717, 1.165) is 34.7 Å². The van der Waals surface area contributed by atoms with Gasteiger partial charge in [-0.1, -0.05) is 23.3 Å². The molecule has 2 aliphatic rings. The van der Waals surface area contributed by atoms with E-state index < -0.39 is 0 Å². The van der Waals surface area contributed by atoms with Gasteiger partial charge in [0.2, 0.25) is 0 Å². The highest BCUT2D eigenvalue weighted by Gasteiger charge is 2.25. The van der Waals surface area contributed by atoms with Crippen LogP contribution in [0.4, 0.5) is 0 Å². The molecule has 1 aliphatic heterocycles. The molecule has 1 atom stereocenters. The Morgan fingerprint density at radius 2 is 2.08 bits per heavy atom. The van der Waals surface area contributed by atoms with Crippen molar-refractivity contribution in [1.82, 2.24) is 14.5 Å². The van der Waals surface area contributed by atoms with Crippen LogP contribution in [-0.2, 0) is 13.1 Å². The first kappa shape index (κ1) is 17.6. The molecule has 0 saturated heterocycles. The Labute approximate surface area is 152 Å². The SMILES string of the molecule is C[C@H]1Cn2c(=O)[nH]c3ccc(Cl)c(c32)CN1CC=C1CCCC1.Cl. The second-order valence-electron chi connectivity index (χ2n) is 6.81. The van der Waals surface area contributed by atoms with Gasteiger partial charge in [-0.05, 0) is 44.7 Å². The van der Waals surface area contributed by atoms with Gasteiger partial charge in [0.25, 0.3) is 0 Å². The zero-order chi connectivity index (χ0) is 16.0. The fourth-order valence-electron chi connectivity index (χ4n) is 3.89. The quantitative estimate of drug-likeness (QED) is 0.811. The number of rotatable bonds is 2. The minimum absolute atomic E-state index is 0. The molecular formula is C18H23Cl2N3O. The molecular weight excluding hydrogens is 345 g/mol. The van der Waals surface area contributed by atoms with Gasteiger partial charge in [0, 0.05) is 36.3 Å². The van der Waals surface area contributed by atoms with Gasteiger partial charge < -0.3 is 4.98 Å². The predicted molar refractivity (Wildman–Crippen MR) is 101 cm³/mol. The summed E-state index contributed by atoms with van der Waals surface area (Å²) < 4.78 is 1.85. The molecule has 0 bridgehead atoms. The summed E-state index contributed by atoms with van der Waals surface area (Å²) in [7, 11) is 0. The Morgan fingerprint density at radius 1 is 1.33 bits per heavy atom. The van der Waals surface area contributed by atoms with Crippen LogP contribution in [0.3, 0.4) is 0 Å². The smallest absolute Gasteiger partial charge is 0.306 e. The van der Waals surface area contributed by atoms with Crippen molar-refractivity contribution in [1.29, 1.82) is 0 Å². The van der Waals surface area contributed by atoms with E-state index in [1.165, 1.54) is 25.7 Å². The number of allylic oxidation sites excluding steroid dienone is 1. The Kier molecular flexibility index (Phi) is 5.09. The Hall–Kier alpha value is -1.23. The van der Waals surface area contributed by atoms with Gasteiger partial charge in [0.15, 0.2) is 0 Å². The lowest BCUT2D eigenvalue weighted by Crippen LogP contribution is -2.36. The lowest BCUT2D eigenvalue weighted by atomic mass is 10.1. The third-order valence-electron chi connectivity index (χ3n) is 5.27. The fraction of sp³-hybridized carbons (Fsp3) is 0.500. The van der Waals surface area contributed by atoms with Crippen molar-refractivity contribution in [3.8, 4) is 0 Å². The summed E-state index contributed by atoms with van der Waals surface area (Å²) in [6, 6.07) is 4.09. The van der Waals surface area contributed by atoms with Crippen LogP contribution in [-0.4, -0.2) is 27.0 Å². The summed E-state index contributed by atoms with van der Waals surface area (Å²) >= 11 is 6.46. The molecule has 24 heavy (non-hydrogen) atoms. The van der Waals surface area contributed by atoms with E-state index in [2.05, 4.69) is 22.9 Å². The second-order valence-corrected chi connectivity index (χ2v) is 7.22. The zero-order valence-electron chi connectivity index (χ0n) is 13.8. The molecule has 0 spiro atoms. The molecule has 1 fully saturated rings. The van der Waals surface area contributed by atoms with Crippen molar-refractivity contribution >= 4 is 35.0 Å². The molecule has 0 unspecified atom stereocenters. The van der Waals surface area contributed by atoms with Crippen molar-refractivity contribution in [2.24, 2.45) is 0 Å². The number of H-pyrrole nitrogens is 1. The van der Waals surface area contributed by atoms with Crippen LogP contribution in [0.15, 0.2) is 28.6 Å². The molecule has 4 nitrogen and oxygen atoms in total. The van der Waals surface area contributed by atoms with E-state index in [9.17, 15) is 4.79 Å². The summed E-state index contributed by atoms with van der Waals surface area (Å²) in [5, 5.41) is 0.748. The van der Waals surface area contributed by atoms with Crippen molar-refractivity contribution in [3.05, 3.63) is 44.9 Å². The average Bonchev–Trinajstić information content (AvgIpc) is 3.11. The largest absolute Gasteiger partial charge is 0.326 e. The van der Waals surface area contributed by atoms with Crippen LogP contribution in [0.2, 0.25) is 5.02 Å². The highest BCUT2D eigenvalue weighted by atomic mass is 35.5. The van der Waals surface area contributed by atoms with Crippen molar-refractivity contribution in [2.45, 2.75) is 51.7 Å². The topological polar surface area (TPSA) is 41.0 Å². The van der Waals surface area contributed by atoms with Crippen molar-refractivity contribution in [3.63, 3.8) is 0 Å². The maximum absolute atomic E-state index is 12.3. The number of aromatic amines is 1. The normalized spacial score (nSPS) is 20.9. The highest BCUT2D eigenvalue weighted by molar-refractivity contribution is 6.32. The molecule has 4 rings (SSSR count). The molecule has 6 heteroatoms. The third kappa shape index (κ3) is 3.03. The van der Waals surface area contributed by atoms with Gasteiger partial charge in [0.1, 0.15) is 0 Å². The summed E-state index contributed by atoms with van der Waals surface area (Å²) in [4.78, 5) is 17.6. The summed E-state index contributed by atoms with van der Waals surface area (Å²) in [5.41, 5.74) is 4.48. The van der Waals surface area contributed by atoms with Gasteiger partial charge in [-0.3, -0.25) is 9.47 Å². The summed E-state index contributed by atoms with van der Waals surface area (Å²) in [6.07, 6.45) is 7.54. The van der Waals surface area contributed by atoms with Gasteiger partial charge in [-0.2, -0.15) is 0 Å². The Morgan fingerprint density at radius 3 is 2.83 bits per heavy atom. The Bertz CT molecular complexity index is 829. The van der Waals surface area contributed by atoms with Gasteiger partial charge in [-0.15, -0.1) is 12.4 Å². The van der Waals surface area contributed by atoms with E-state index in [0.29, 0.717) is 12.6 Å². The molecule has 0 amide bonds. The van der Waals surface area contributed by atoms with Gasteiger partial charge in [-0.25, -0.2) is 4.79 Å². The van der Waals surface area contributed by atoms with Crippen LogP contribution < -0.4 is 5.69 Å². The number of halogens is 2. The summed E-state index contributed by atoms with van der Waals surface area (Å²) in [5.74, 6) is 0. The van der Waals surface area contributed by atoms with Crippen molar-refractivity contribution in [2.75, 3.05) is 6.54 Å².